The normalized spacial score (nSPS) is 10.5. The van der Waals surface area contributed by atoms with E-state index in [0.29, 0.717) is 10.4 Å². The Morgan fingerprint density at radius 2 is 1.96 bits per heavy atom. The summed E-state index contributed by atoms with van der Waals surface area (Å²) >= 11 is 1.33. The molecule has 0 aliphatic carbocycles. The zero-order valence-electron chi connectivity index (χ0n) is 15.8. The fourth-order valence-corrected chi connectivity index (χ4v) is 3.59. The molecule has 0 saturated carbocycles. The number of hydrogen-bond donors (Lipinski definition) is 1. The molecule has 1 aromatic carbocycles. The first kappa shape index (κ1) is 20.6. The number of thiophene rings is 1. The number of nitrogens with zero attached hydrogens (tertiary/aromatic N) is 1. The summed E-state index contributed by atoms with van der Waals surface area (Å²) in [6.45, 7) is 6.98. The summed E-state index contributed by atoms with van der Waals surface area (Å²) in [4.78, 5) is 36.4. The highest BCUT2D eigenvalue weighted by atomic mass is 32.1. The summed E-state index contributed by atoms with van der Waals surface area (Å²) < 4.78 is 5.07. The van der Waals surface area contributed by atoms with Crippen LogP contribution in [-0.4, -0.2) is 23.4 Å². The van der Waals surface area contributed by atoms with Gasteiger partial charge in [0.1, 0.15) is 10.6 Å². The van der Waals surface area contributed by atoms with Crippen molar-refractivity contribution in [1.82, 2.24) is 0 Å². The number of nitro benzene ring substituents is 1. The first-order valence-electron chi connectivity index (χ1n) is 8.55. The summed E-state index contributed by atoms with van der Waals surface area (Å²) in [5, 5.41) is 13.7. The largest absolute Gasteiger partial charge is 0.451 e. The summed E-state index contributed by atoms with van der Waals surface area (Å²) in [6, 6.07) is 4.75. The summed E-state index contributed by atoms with van der Waals surface area (Å²) in [7, 11) is 0. The third-order valence-corrected chi connectivity index (χ3v) is 5.32. The van der Waals surface area contributed by atoms with Crippen LogP contribution in [0, 0.1) is 30.9 Å². The molecule has 0 spiro atoms. The van der Waals surface area contributed by atoms with E-state index in [1.54, 1.807) is 26.0 Å². The summed E-state index contributed by atoms with van der Waals surface area (Å²) in [6.07, 6.45) is 1.86. The second-order valence-corrected chi connectivity index (χ2v) is 7.48. The van der Waals surface area contributed by atoms with Gasteiger partial charge in [-0.25, -0.2) is 4.79 Å². The number of hydrogen-bond acceptors (Lipinski definition) is 6. The van der Waals surface area contributed by atoms with Gasteiger partial charge in [-0.05, 0) is 49.9 Å². The number of benzene rings is 1. The molecule has 0 fully saturated rings. The van der Waals surface area contributed by atoms with Crippen LogP contribution in [-0.2, 0) is 16.0 Å². The maximum absolute atomic E-state index is 12.2. The maximum Gasteiger partial charge on any atom is 0.348 e. The topological polar surface area (TPSA) is 98.5 Å². The first-order chi connectivity index (χ1) is 12.7. The second kappa shape index (κ2) is 8.77. The van der Waals surface area contributed by atoms with Gasteiger partial charge in [0.2, 0.25) is 0 Å². The standard InChI is InChI=1S/C19H22N2O5S/c1-5-6-14-9-16(27-13(14)4)19(23)26-10-17(22)20-18-12(3)11(2)7-8-15(18)21(24)25/h7-9H,5-6,10H2,1-4H3,(H,20,22). The van der Waals surface area contributed by atoms with E-state index in [1.807, 2.05) is 6.92 Å². The molecule has 0 saturated heterocycles. The van der Waals surface area contributed by atoms with Gasteiger partial charge in [-0.3, -0.25) is 14.9 Å². The Hall–Kier alpha value is -2.74. The van der Waals surface area contributed by atoms with Crippen molar-refractivity contribution in [3.05, 3.63) is 54.8 Å². The number of esters is 1. The number of carbonyl (C=O) groups excluding carboxylic acids is 2. The highest BCUT2D eigenvalue weighted by molar-refractivity contribution is 7.14. The Balaban J connectivity index is 2.05. The monoisotopic (exact) mass is 390 g/mol. The van der Waals surface area contributed by atoms with E-state index in [0.717, 1.165) is 28.8 Å². The minimum atomic E-state index is -0.623. The van der Waals surface area contributed by atoms with Crippen LogP contribution in [0.2, 0.25) is 0 Å². The minimum absolute atomic E-state index is 0.123. The molecule has 0 unspecified atom stereocenters. The molecule has 1 heterocycles. The van der Waals surface area contributed by atoms with E-state index < -0.39 is 23.4 Å². The molecule has 1 N–H and O–H groups in total. The quantitative estimate of drug-likeness (QED) is 0.431. The Labute approximate surface area is 161 Å². The van der Waals surface area contributed by atoms with E-state index in [-0.39, 0.29) is 11.4 Å². The molecule has 0 aliphatic rings. The summed E-state index contributed by atoms with van der Waals surface area (Å²) in [5.74, 6) is -1.20. The third kappa shape index (κ3) is 4.91. The lowest BCUT2D eigenvalue weighted by molar-refractivity contribution is -0.384. The van der Waals surface area contributed by atoms with Crippen molar-refractivity contribution >= 4 is 34.6 Å². The molecular formula is C19H22N2O5S. The van der Waals surface area contributed by atoms with Gasteiger partial charge in [-0.1, -0.05) is 19.4 Å². The molecule has 0 aliphatic heterocycles. The molecule has 1 aromatic heterocycles. The lowest BCUT2D eigenvalue weighted by Crippen LogP contribution is -2.21. The lowest BCUT2D eigenvalue weighted by atomic mass is 10.1. The second-order valence-electron chi connectivity index (χ2n) is 6.23. The Bertz CT molecular complexity index is 888. The molecule has 0 atom stereocenters. The number of nitro groups is 1. The molecule has 2 rings (SSSR count). The molecule has 144 valence electrons. The Morgan fingerprint density at radius 1 is 1.26 bits per heavy atom. The predicted octanol–water partition coefficient (Wildman–Crippen LogP) is 4.33. The van der Waals surface area contributed by atoms with Gasteiger partial charge >= 0.3 is 5.97 Å². The van der Waals surface area contributed by atoms with Crippen molar-refractivity contribution in [3.63, 3.8) is 0 Å². The number of aryl methyl sites for hydroxylation is 3. The van der Waals surface area contributed by atoms with E-state index >= 15 is 0 Å². The molecule has 0 bridgehead atoms. The van der Waals surface area contributed by atoms with E-state index in [4.69, 9.17) is 4.74 Å². The van der Waals surface area contributed by atoms with Crippen LogP contribution in [0.15, 0.2) is 18.2 Å². The zero-order chi connectivity index (χ0) is 20.1. The molecule has 2 aromatic rings. The van der Waals surface area contributed by atoms with Crippen LogP contribution in [0.1, 0.15) is 44.6 Å². The molecule has 7 nitrogen and oxygen atoms in total. The van der Waals surface area contributed by atoms with Gasteiger partial charge in [0.05, 0.1) is 4.92 Å². The van der Waals surface area contributed by atoms with E-state index in [9.17, 15) is 19.7 Å². The van der Waals surface area contributed by atoms with Crippen molar-refractivity contribution in [2.45, 2.75) is 40.5 Å². The zero-order valence-corrected chi connectivity index (χ0v) is 16.6. The van der Waals surface area contributed by atoms with Crippen LogP contribution in [0.3, 0.4) is 0 Å². The molecule has 0 radical (unpaired) electrons. The predicted molar refractivity (Wildman–Crippen MR) is 105 cm³/mol. The fourth-order valence-electron chi connectivity index (χ4n) is 2.63. The van der Waals surface area contributed by atoms with Gasteiger partial charge in [-0.2, -0.15) is 0 Å². The van der Waals surface area contributed by atoms with Gasteiger partial charge in [0.15, 0.2) is 6.61 Å². The Morgan fingerprint density at radius 3 is 2.59 bits per heavy atom. The first-order valence-corrected chi connectivity index (χ1v) is 9.37. The average molecular weight is 390 g/mol. The van der Waals surface area contributed by atoms with Crippen LogP contribution in [0.25, 0.3) is 0 Å². The highest BCUT2D eigenvalue weighted by Gasteiger charge is 2.21. The number of anilines is 1. The van der Waals surface area contributed by atoms with Crippen molar-refractivity contribution in [1.29, 1.82) is 0 Å². The van der Waals surface area contributed by atoms with Crippen LogP contribution in [0.5, 0.6) is 0 Å². The molecule has 1 amide bonds. The minimum Gasteiger partial charge on any atom is -0.451 e. The number of nitrogens with one attached hydrogen (secondary N) is 1. The number of carbonyl (C=O) groups is 2. The maximum atomic E-state index is 12.2. The average Bonchev–Trinajstić information content (AvgIpc) is 2.98. The molecule has 27 heavy (non-hydrogen) atoms. The Kier molecular flexibility index (Phi) is 6.68. The highest BCUT2D eigenvalue weighted by Crippen LogP contribution is 2.30. The van der Waals surface area contributed by atoms with Crippen molar-refractivity contribution in [2.24, 2.45) is 0 Å². The molecular weight excluding hydrogens is 368 g/mol. The van der Waals surface area contributed by atoms with E-state index in [2.05, 4.69) is 12.2 Å². The smallest absolute Gasteiger partial charge is 0.348 e. The van der Waals surface area contributed by atoms with Crippen LogP contribution < -0.4 is 5.32 Å². The fraction of sp³-hybridized carbons (Fsp3) is 0.368. The van der Waals surface area contributed by atoms with Crippen molar-refractivity contribution in [2.75, 3.05) is 11.9 Å². The van der Waals surface area contributed by atoms with Gasteiger partial charge < -0.3 is 10.1 Å². The van der Waals surface area contributed by atoms with Crippen molar-refractivity contribution < 1.29 is 19.2 Å². The van der Waals surface area contributed by atoms with Crippen LogP contribution in [0.4, 0.5) is 11.4 Å². The summed E-state index contributed by atoms with van der Waals surface area (Å²) in [5.41, 5.74) is 2.44. The van der Waals surface area contributed by atoms with Crippen LogP contribution >= 0.6 is 11.3 Å². The number of amides is 1. The number of ether oxygens (including phenoxy) is 1. The van der Waals surface area contributed by atoms with Gasteiger partial charge in [0.25, 0.3) is 11.6 Å². The van der Waals surface area contributed by atoms with Crippen molar-refractivity contribution in [3.8, 4) is 0 Å². The number of rotatable bonds is 7. The molecule has 8 heteroatoms. The lowest BCUT2D eigenvalue weighted by Gasteiger charge is -2.11. The van der Waals surface area contributed by atoms with E-state index in [1.165, 1.54) is 17.4 Å². The third-order valence-electron chi connectivity index (χ3n) is 4.25. The van der Waals surface area contributed by atoms with Gasteiger partial charge in [0, 0.05) is 10.9 Å². The van der Waals surface area contributed by atoms with Gasteiger partial charge in [-0.15, -0.1) is 11.3 Å². The SMILES string of the molecule is CCCc1cc(C(=O)OCC(=O)Nc2c([N+](=O)[O-])ccc(C)c2C)sc1C.